The highest BCUT2D eigenvalue weighted by Gasteiger charge is 2.52. The number of hydrogen-bond acceptors (Lipinski definition) is 5. The predicted octanol–water partition coefficient (Wildman–Crippen LogP) is 2.52. The second kappa shape index (κ2) is 7.75. The van der Waals surface area contributed by atoms with Crippen molar-refractivity contribution in [3.05, 3.63) is 35.9 Å². The van der Waals surface area contributed by atoms with Crippen molar-refractivity contribution in [1.29, 1.82) is 0 Å². The SMILES string of the molecule is CC1(C)O[C@H]2O[C@H](COCc3ccccc3)C[C@H](NC(=O)C(F)(F)F)[C@H]2O1. The van der Waals surface area contributed by atoms with Crippen LogP contribution in [0.1, 0.15) is 25.8 Å². The zero-order chi connectivity index (χ0) is 19.7. The molecule has 0 radical (unpaired) electrons. The first-order valence-corrected chi connectivity index (χ1v) is 8.64. The zero-order valence-electron chi connectivity index (χ0n) is 15.0. The third-order valence-electron chi connectivity index (χ3n) is 4.32. The lowest BCUT2D eigenvalue weighted by molar-refractivity contribution is -0.220. The minimum Gasteiger partial charge on any atom is -0.374 e. The van der Waals surface area contributed by atoms with Gasteiger partial charge in [-0.15, -0.1) is 0 Å². The molecule has 0 saturated carbocycles. The van der Waals surface area contributed by atoms with Gasteiger partial charge in [0.2, 0.25) is 0 Å². The molecule has 3 rings (SSSR count). The van der Waals surface area contributed by atoms with Gasteiger partial charge in [0.05, 0.1) is 25.4 Å². The summed E-state index contributed by atoms with van der Waals surface area (Å²) in [6, 6.07) is 8.57. The highest BCUT2D eigenvalue weighted by molar-refractivity contribution is 5.82. The fourth-order valence-electron chi connectivity index (χ4n) is 3.18. The average molecular weight is 389 g/mol. The molecule has 1 N–H and O–H groups in total. The Morgan fingerprint density at radius 1 is 1.26 bits per heavy atom. The van der Waals surface area contributed by atoms with Gasteiger partial charge in [-0.2, -0.15) is 13.2 Å². The Morgan fingerprint density at radius 3 is 2.63 bits per heavy atom. The highest BCUT2D eigenvalue weighted by Crippen LogP contribution is 2.36. The van der Waals surface area contributed by atoms with Crippen molar-refractivity contribution in [3.63, 3.8) is 0 Å². The van der Waals surface area contributed by atoms with Crippen molar-refractivity contribution in [2.45, 2.75) is 63.4 Å². The molecular weight excluding hydrogens is 367 g/mol. The van der Waals surface area contributed by atoms with E-state index in [0.717, 1.165) is 5.56 Å². The monoisotopic (exact) mass is 389 g/mol. The van der Waals surface area contributed by atoms with Gasteiger partial charge in [0.15, 0.2) is 12.1 Å². The second-order valence-corrected chi connectivity index (χ2v) is 7.04. The van der Waals surface area contributed by atoms with E-state index in [4.69, 9.17) is 18.9 Å². The fourth-order valence-corrected chi connectivity index (χ4v) is 3.18. The Labute approximate surface area is 154 Å². The zero-order valence-corrected chi connectivity index (χ0v) is 15.0. The van der Waals surface area contributed by atoms with Crippen LogP contribution in [0.2, 0.25) is 0 Å². The fraction of sp³-hybridized carbons (Fsp3) is 0.611. The van der Waals surface area contributed by atoms with Crippen molar-refractivity contribution in [2.24, 2.45) is 0 Å². The molecular formula is C18H22F3NO5. The van der Waals surface area contributed by atoms with Crippen molar-refractivity contribution in [3.8, 4) is 0 Å². The molecule has 2 heterocycles. The standard InChI is InChI=1S/C18H22F3NO5/c1-17(2)26-14-13(22-16(23)18(19,20)21)8-12(25-15(14)27-17)10-24-9-11-6-4-3-5-7-11/h3-7,12-15H,8-10H2,1-2H3,(H,22,23)/t12-,13-,14+,15+/m0/s1. The van der Waals surface area contributed by atoms with Gasteiger partial charge in [0, 0.05) is 0 Å². The first kappa shape index (κ1) is 20.1. The van der Waals surface area contributed by atoms with Gasteiger partial charge in [0.1, 0.15) is 6.10 Å². The number of carbonyl (C=O) groups is 1. The molecule has 0 unspecified atom stereocenters. The van der Waals surface area contributed by atoms with Gasteiger partial charge in [-0.25, -0.2) is 0 Å². The van der Waals surface area contributed by atoms with Crippen LogP contribution in [-0.4, -0.2) is 49.0 Å². The number of hydrogen-bond donors (Lipinski definition) is 1. The Kier molecular flexibility index (Phi) is 5.76. The van der Waals surface area contributed by atoms with Crippen LogP contribution in [0, 0.1) is 0 Å². The van der Waals surface area contributed by atoms with Gasteiger partial charge < -0.3 is 24.3 Å². The molecule has 0 bridgehead atoms. The third-order valence-corrected chi connectivity index (χ3v) is 4.32. The molecule has 0 aliphatic carbocycles. The van der Waals surface area contributed by atoms with Crippen molar-refractivity contribution in [1.82, 2.24) is 5.32 Å². The lowest BCUT2D eigenvalue weighted by Crippen LogP contribution is -2.57. The number of amides is 1. The first-order valence-electron chi connectivity index (χ1n) is 8.64. The van der Waals surface area contributed by atoms with E-state index in [1.54, 1.807) is 13.8 Å². The molecule has 1 aromatic carbocycles. The number of rotatable bonds is 5. The minimum atomic E-state index is -4.97. The van der Waals surface area contributed by atoms with Gasteiger partial charge in [0.25, 0.3) is 0 Å². The molecule has 0 spiro atoms. The molecule has 2 saturated heterocycles. The van der Waals surface area contributed by atoms with E-state index < -0.39 is 42.4 Å². The maximum atomic E-state index is 12.6. The normalized spacial score (nSPS) is 30.0. The summed E-state index contributed by atoms with van der Waals surface area (Å²) in [5.74, 6) is -3.03. The van der Waals surface area contributed by atoms with Gasteiger partial charge in [-0.1, -0.05) is 30.3 Å². The van der Waals surface area contributed by atoms with Crippen LogP contribution in [0.4, 0.5) is 13.2 Å². The van der Waals surface area contributed by atoms with E-state index in [0.29, 0.717) is 6.61 Å². The highest BCUT2D eigenvalue weighted by atomic mass is 19.4. The van der Waals surface area contributed by atoms with Crippen LogP contribution in [-0.2, 0) is 30.3 Å². The van der Waals surface area contributed by atoms with E-state index in [1.165, 1.54) is 0 Å². The molecule has 2 aliphatic heterocycles. The summed E-state index contributed by atoms with van der Waals surface area (Å²) in [7, 11) is 0. The molecule has 0 aromatic heterocycles. The molecule has 1 aromatic rings. The maximum absolute atomic E-state index is 12.6. The van der Waals surface area contributed by atoms with Gasteiger partial charge in [-0.3, -0.25) is 4.79 Å². The van der Waals surface area contributed by atoms with Gasteiger partial charge >= 0.3 is 12.1 Å². The van der Waals surface area contributed by atoms with E-state index in [1.807, 2.05) is 35.6 Å². The van der Waals surface area contributed by atoms with Crippen LogP contribution < -0.4 is 5.32 Å². The van der Waals surface area contributed by atoms with E-state index in [-0.39, 0.29) is 13.0 Å². The number of benzene rings is 1. The largest absolute Gasteiger partial charge is 0.471 e. The molecule has 150 valence electrons. The summed E-state index contributed by atoms with van der Waals surface area (Å²) in [5.41, 5.74) is 0.967. The summed E-state index contributed by atoms with van der Waals surface area (Å²) in [6.45, 7) is 3.77. The third kappa shape index (κ3) is 5.19. The van der Waals surface area contributed by atoms with E-state index >= 15 is 0 Å². The molecule has 2 aliphatic rings. The number of carbonyl (C=O) groups excluding carboxylic acids is 1. The molecule has 27 heavy (non-hydrogen) atoms. The summed E-state index contributed by atoms with van der Waals surface area (Å²) >= 11 is 0. The predicted molar refractivity (Wildman–Crippen MR) is 87.4 cm³/mol. The Hall–Kier alpha value is -1.68. The van der Waals surface area contributed by atoms with Crippen LogP contribution in [0.5, 0.6) is 0 Å². The van der Waals surface area contributed by atoms with Crippen LogP contribution in [0.15, 0.2) is 30.3 Å². The lowest BCUT2D eigenvalue weighted by atomic mass is 9.99. The van der Waals surface area contributed by atoms with Crippen LogP contribution in [0.25, 0.3) is 0 Å². The minimum absolute atomic E-state index is 0.122. The molecule has 6 nitrogen and oxygen atoms in total. The van der Waals surface area contributed by atoms with Crippen molar-refractivity contribution < 1.29 is 36.9 Å². The summed E-state index contributed by atoms with van der Waals surface area (Å²) < 4.78 is 60.6. The average Bonchev–Trinajstić information content (AvgIpc) is 2.89. The topological polar surface area (TPSA) is 66.0 Å². The Morgan fingerprint density at radius 2 is 1.96 bits per heavy atom. The van der Waals surface area contributed by atoms with Crippen molar-refractivity contribution >= 4 is 5.91 Å². The Balaban J connectivity index is 1.62. The molecule has 9 heteroatoms. The second-order valence-electron chi connectivity index (χ2n) is 7.04. The molecule has 1 amide bonds. The quantitative estimate of drug-likeness (QED) is 0.838. The number of nitrogens with one attached hydrogen (secondary N) is 1. The van der Waals surface area contributed by atoms with Crippen molar-refractivity contribution in [2.75, 3.05) is 6.61 Å². The number of fused-ring (bicyclic) bond motifs is 1. The molecule has 2 fully saturated rings. The van der Waals surface area contributed by atoms with E-state index in [9.17, 15) is 18.0 Å². The number of ether oxygens (including phenoxy) is 4. The van der Waals surface area contributed by atoms with Crippen LogP contribution in [0.3, 0.4) is 0 Å². The van der Waals surface area contributed by atoms with Gasteiger partial charge in [-0.05, 0) is 25.8 Å². The molecule has 4 atom stereocenters. The number of halogens is 3. The lowest BCUT2D eigenvalue weighted by Gasteiger charge is -2.36. The summed E-state index contributed by atoms with van der Waals surface area (Å²) in [6.07, 6.45) is -7.08. The Bertz CT molecular complexity index is 652. The smallest absolute Gasteiger partial charge is 0.374 e. The summed E-state index contributed by atoms with van der Waals surface area (Å²) in [4.78, 5) is 11.4. The van der Waals surface area contributed by atoms with E-state index in [2.05, 4.69) is 0 Å². The maximum Gasteiger partial charge on any atom is 0.471 e. The number of alkyl halides is 3. The first-order chi connectivity index (χ1) is 12.6. The van der Waals surface area contributed by atoms with Crippen LogP contribution >= 0.6 is 0 Å². The summed E-state index contributed by atoms with van der Waals surface area (Å²) in [5, 5.41) is 2.00.